The van der Waals surface area contributed by atoms with E-state index in [-0.39, 0.29) is 0 Å². The Morgan fingerprint density at radius 2 is 1.79 bits per heavy atom. The molecule has 2 nitrogen and oxygen atoms in total. The van der Waals surface area contributed by atoms with E-state index in [1.54, 1.807) is 0 Å². The summed E-state index contributed by atoms with van der Waals surface area (Å²) in [6.07, 6.45) is 5.53. The Morgan fingerprint density at radius 1 is 1.21 bits per heavy atom. The maximum absolute atomic E-state index is 3.70. The Labute approximate surface area is 88.1 Å². The van der Waals surface area contributed by atoms with Crippen LogP contribution >= 0.6 is 0 Å². The van der Waals surface area contributed by atoms with Crippen molar-refractivity contribution in [3.05, 3.63) is 0 Å². The van der Waals surface area contributed by atoms with Gasteiger partial charge in [0, 0.05) is 12.6 Å². The molecule has 3 saturated heterocycles. The van der Waals surface area contributed by atoms with Crippen LogP contribution < -0.4 is 5.32 Å². The minimum absolute atomic E-state index is 0.665. The number of fused-ring (bicyclic) bond motifs is 3. The first-order chi connectivity index (χ1) is 6.74. The Kier molecular flexibility index (Phi) is 3.13. The van der Waals surface area contributed by atoms with E-state index >= 15 is 0 Å². The lowest BCUT2D eigenvalue weighted by molar-refractivity contribution is 0.0250. The van der Waals surface area contributed by atoms with E-state index in [4.69, 9.17) is 0 Å². The summed E-state index contributed by atoms with van der Waals surface area (Å²) >= 11 is 0. The fourth-order valence-electron chi connectivity index (χ4n) is 2.70. The van der Waals surface area contributed by atoms with Crippen LogP contribution in [0.4, 0.5) is 0 Å². The van der Waals surface area contributed by atoms with Crippen molar-refractivity contribution in [2.24, 2.45) is 5.41 Å². The number of rotatable bonds is 4. The van der Waals surface area contributed by atoms with Gasteiger partial charge in [0.2, 0.25) is 0 Å². The predicted octanol–water partition coefficient (Wildman–Crippen LogP) is 1.86. The van der Waals surface area contributed by atoms with Crippen molar-refractivity contribution in [3.8, 4) is 0 Å². The van der Waals surface area contributed by atoms with Gasteiger partial charge >= 0.3 is 0 Å². The van der Waals surface area contributed by atoms with Crippen molar-refractivity contribution in [2.45, 2.75) is 45.6 Å². The van der Waals surface area contributed by atoms with Gasteiger partial charge in [0.25, 0.3) is 0 Å². The molecule has 0 saturated carbocycles. The van der Waals surface area contributed by atoms with E-state index in [1.165, 1.54) is 51.9 Å². The summed E-state index contributed by atoms with van der Waals surface area (Å²) in [7, 11) is 0. The van der Waals surface area contributed by atoms with Gasteiger partial charge in [0.05, 0.1) is 0 Å². The summed E-state index contributed by atoms with van der Waals surface area (Å²) in [5, 5.41) is 3.70. The van der Waals surface area contributed by atoms with E-state index < -0.39 is 0 Å². The van der Waals surface area contributed by atoms with Crippen LogP contribution in [-0.4, -0.2) is 37.1 Å². The highest BCUT2D eigenvalue weighted by molar-refractivity contribution is 4.93. The zero-order chi connectivity index (χ0) is 10.0. The monoisotopic (exact) mass is 196 g/mol. The van der Waals surface area contributed by atoms with Crippen molar-refractivity contribution < 1.29 is 0 Å². The van der Waals surface area contributed by atoms with Crippen molar-refractivity contribution in [2.75, 3.05) is 26.2 Å². The molecule has 0 radical (unpaired) electrons. The lowest BCUT2D eigenvalue weighted by Crippen LogP contribution is -2.52. The Morgan fingerprint density at radius 3 is 2.29 bits per heavy atom. The summed E-state index contributed by atoms with van der Waals surface area (Å²) in [6.45, 7) is 9.87. The van der Waals surface area contributed by atoms with Crippen molar-refractivity contribution in [1.82, 2.24) is 10.2 Å². The number of hydrogen-bond donors (Lipinski definition) is 1. The first-order valence-corrected chi connectivity index (χ1v) is 6.20. The van der Waals surface area contributed by atoms with Crippen LogP contribution in [0.25, 0.3) is 0 Å². The molecule has 82 valence electrons. The summed E-state index contributed by atoms with van der Waals surface area (Å²) in [5.74, 6) is 0. The molecule has 0 amide bonds. The van der Waals surface area contributed by atoms with Gasteiger partial charge in [0.15, 0.2) is 0 Å². The molecule has 3 rings (SSSR count). The SMILES string of the molecule is CCC(C)NCC12CCN(CC1)CC2. The number of piperidine rings is 3. The van der Waals surface area contributed by atoms with E-state index in [1.807, 2.05) is 0 Å². The van der Waals surface area contributed by atoms with Crippen LogP contribution in [0.5, 0.6) is 0 Å². The maximum atomic E-state index is 3.70. The molecule has 0 aromatic heterocycles. The third kappa shape index (κ3) is 2.12. The zero-order valence-electron chi connectivity index (χ0n) is 9.68. The second-order valence-electron chi connectivity index (χ2n) is 5.28. The summed E-state index contributed by atoms with van der Waals surface area (Å²) < 4.78 is 0. The fraction of sp³-hybridized carbons (Fsp3) is 1.00. The van der Waals surface area contributed by atoms with E-state index in [0.717, 1.165) is 0 Å². The van der Waals surface area contributed by atoms with Gasteiger partial charge in [-0.3, -0.25) is 0 Å². The first kappa shape index (κ1) is 10.4. The van der Waals surface area contributed by atoms with Gasteiger partial charge in [-0.25, -0.2) is 0 Å². The molecule has 2 heteroatoms. The Balaban J connectivity index is 1.83. The van der Waals surface area contributed by atoms with Gasteiger partial charge in [-0.05, 0) is 57.7 Å². The van der Waals surface area contributed by atoms with Gasteiger partial charge < -0.3 is 10.2 Å². The third-order valence-electron chi connectivity index (χ3n) is 4.31. The molecule has 14 heavy (non-hydrogen) atoms. The van der Waals surface area contributed by atoms with Crippen molar-refractivity contribution in [3.63, 3.8) is 0 Å². The minimum Gasteiger partial charge on any atom is -0.314 e. The average molecular weight is 196 g/mol. The number of hydrogen-bond acceptors (Lipinski definition) is 2. The van der Waals surface area contributed by atoms with Crippen LogP contribution in [0.15, 0.2) is 0 Å². The van der Waals surface area contributed by atoms with Crippen molar-refractivity contribution in [1.29, 1.82) is 0 Å². The van der Waals surface area contributed by atoms with E-state index in [2.05, 4.69) is 24.1 Å². The molecular formula is C12H24N2. The number of nitrogens with zero attached hydrogens (tertiary/aromatic N) is 1. The van der Waals surface area contributed by atoms with Crippen LogP contribution in [-0.2, 0) is 0 Å². The molecular weight excluding hydrogens is 172 g/mol. The van der Waals surface area contributed by atoms with Crippen LogP contribution in [0.1, 0.15) is 39.5 Å². The molecule has 1 unspecified atom stereocenters. The van der Waals surface area contributed by atoms with Gasteiger partial charge in [-0.2, -0.15) is 0 Å². The second-order valence-corrected chi connectivity index (χ2v) is 5.28. The van der Waals surface area contributed by atoms with Gasteiger partial charge in [-0.1, -0.05) is 6.92 Å². The second kappa shape index (κ2) is 4.19. The van der Waals surface area contributed by atoms with E-state index in [0.29, 0.717) is 11.5 Å². The highest BCUT2D eigenvalue weighted by Gasteiger charge is 2.38. The zero-order valence-corrected chi connectivity index (χ0v) is 9.68. The standard InChI is InChI=1S/C12H24N2/c1-3-11(2)13-10-12-4-7-14(8-5-12)9-6-12/h11,13H,3-10H2,1-2H3. The van der Waals surface area contributed by atoms with Crippen molar-refractivity contribution >= 4 is 0 Å². The molecule has 1 atom stereocenters. The van der Waals surface area contributed by atoms with Gasteiger partial charge in [0.1, 0.15) is 0 Å². The molecule has 0 aromatic carbocycles. The minimum atomic E-state index is 0.665. The Bertz CT molecular complexity index is 169. The summed E-state index contributed by atoms with van der Waals surface area (Å²) in [5.41, 5.74) is 0.665. The summed E-state index contributed by atoms with van der Waals surface area (Å²) in [6, 6.07) is 0.698. The Hall–Kier alpha value is -0.0800. The first-order valence-electron chi connectivity index (χ1n) is 6.20. The molecule has 3 aliphatic heterocycles. The molecule has 0 aromatic rings. The normalized spacial score (nSPS) is 38.6. The molecule has 2 bridgehead atoms. The largest absolute Gasteiger partial charge is 0.314 e. The molecule has 3 aliphatic rings. The highest BCUT2D eigenvalue weighted by Crippen LogP contribution is 2.39. The molecule has 0 spiro atoms. The van der Waals surface area contributed by atoms with Crippen LogP contribution in [0.2, 0.25) is 0 Å². The molecule has 1 N–H and O–H groups in total. The molecule has 3 fully saturated rings. The van der Waals surface area contributed by atoms with E-state index in [9.17, 15) is 0 Å². The maximum Gasteiger partial charge on any atom is 0.00363 e. The quantitative estimate of drug-likeness (QED) is 0.738. The highest BCUT2D eigenvalue weighted by atomic mass is 15.2. The lowest BCUT2D eigenvalue weighted by Gasteiger charge is -2.49. The molecule has 3 heterocycles. The van der Waals surface area contributed by atoms with Gasteiger partial charge in [-0.15, -0.1) is 0 Å². The average Bonchev–Trinajstić information content (AvgIpc) is 2.28. The van der Waals surface area contributed by atoms with Crippen LogP contribution in [0, 0.1) is 5.41 Å². The smallest absolute Gasteiger partial charge is 0.00363 e. The molecule has 0 aliphatic carbocycles. The fourth-order valence-corrected chi connectivity index (χ4v) is 2.70. The summed E-state index contributed by atoms with van der Waals surface area (Å²) in [4.78, 5) is 2.62. The predicted molar refractivity (Wildman–Crippen MR) is 60.5 cm³/mol. The topological polar surface area (TPSA) is 15.3 Å². The number of nitrogens with one attached hydrogen (secondary N) is 1. The van der Waals surface area contributed by atoms with Crippen LogP contribution in [0.3, 0.4) is 0 Å². The third-order valence-corrected chi connectivity index (χ3v) is 4.31. The lowest BCUT2D eigenvalue weighted by atomic mass is 9.72.